The van der Waals surface area contributed by atoms with E-state index in [1.165, 1.54) is 23.4 Å². The minimum Gasteiger partial charge on any atom is -0.379 e. The highest BCUT2D eigenvalue weighted by molar-refractivity contribution is 6.03. The van der Waals surface area contributed by atoms with Gasteiger partial charge in [-0.15, -0.1) is 0 Å². The van der Waals surface area contributed by atoms with Crippen molar-refractivity contribution in [1.29, 1.82) is 5.26 Å². The zero-order valence-corrected chi connectivity index (χ0v) is 17.7. The lowest BCUT2D eigenvalue weighted by molar-refractivity contribution is 0.0220. The molecule has 2 aliphatic carbocycles. The molecule has 1 atom stereocenters. The number of nitrogens with zero attached hydrogens (tertiary/aromatic N) is 3. The zero-order valence-electron chi connectivity index (χ0n) is 17.7. The van der Waals surface area contributed by atoms with Gasteiger partial charge in [-0.25, -0.2) is 0 Å². The Bertz CT molecular complexity index is 823. The van der Waals surface area contributed by atoms with Gasteiger partial charge < -0.3 is 10.1 Å². The third kappa shape index (κ3) is 4.24. The normalized spacial score (nSPS) is 25.9. The lowest BCUT2D eigenvalue weighted by atomic mass is 9.65. The van der Waals surface area contributed by atoms with Gasteiger partial charge in [0.1, 0.15) is 0 Å². The van der Waals surface area contributed by atoms with Crippen LogP contribution in [0.1, 0.15) is 57.9 Å². The van der Waals surface area contributed by atoms with Crippen LogP contribution in [0.3, 0.4) is 0 Å². The van der Waals surface area contributed by atoms with Crippen LogP contribution in [-0.4, -0.2) is 43.1 Å². The van der Waals surface area contributed by atoms with Crippen LogP contribution in [0.15, 0.2) is 40.5 Å². The molecule has 3 aliphatic rings. The molecule has 1 saturated heterocycles. The second kappa shape index (κ2) is 8.69. The third-order valence-corrected chi connectivity index (χ3v) is 6.75. The summed E-state index contributed by atoms with van der Waals surface area (Å²) < 4.78 is 5.47. The minimum atomic E-state index is -0.243. The number of ether oxygens (including phenoxy) is 1. The van der Waals surface area contributed by atoms with E-state index in [1.54, 1.807) is 0 Å². The number of allylic oxidation sites excluding steroid dienone is 2. The number of nitriles is 1. The largest absolute Gasteiger partial charge is 0.379 e. The molecule has 5 heteroatoms. The van der Waals surface area contributed by atoms with Gasteiger partial charge in [0.2, 0.25) is 0 Å². The number of nitrogens with one attached hydrogen (secondary N) is 1. The van der Waals surface area contributed by atoms with Crippen molar-refractivity contribution in [1.82, 2.24) is 4.90 Å². The average Bonchev–Trinajstić information content (AvgIpc) is 3.18. The Morgan fingerprint density at radius 2 is 1.90 bits per heavy atom. The highest BCUT2D eigenvalue weighted by Gasteiger charge is 2.38. The van der Waals surface area contributed by atoms with Crippen molar-refractivity contribution >= 4 is 11.4 Å². The van der Waals surface area contributed by atoms with E-state index < -0.39 is 0 Å². The fourth-order valence-electron chi connectivity index (χ4n) is 4.69. The summed E-state index contributed by atoms with van der Waals surface area (Å²) in [5.74, 6) is 0. The van der Waals surface area contributed by atoms with Crippen LogP contribution in [0, 0.1) is 11.3 Å². The van der Waals surface area contributed by atoms with E-state index in [0.717, 1.165) is 69.7 Å². The van der Waals surface area contributed by atoms with Crippen molar-refractivity contribution < 1.29 is 4.74 Å². The first kappa shape index (κ1) is 20.1. The number of benzene rings is 1. The number of rotatable bonds is 5. The molecule has 1 aromatic rings. The van der Waals surface area contributed by atoms with Gasteiger partial charge in [0, 0.05) is 30.2 Å². The molecule has 0 bridgehead atoms. The third-order valence-electron chi connectivity index (χ3n) is 6.75. The Kier molecular flexibility index (Phi) is 6.03. The number of aliphatic imine (C=N–C) groups is 1. The summed E-state index contributed by atoms with van der Waals surface area (Å²) in [5.41, 5.74) is 5.81. The van der Waals surface area contributed by atoms with Crippen LogP contribution in [0.2, 0.25) is 0 Å². The Hall–Kier alpha value is -2.16. The Morgan fingerprint density at radius 3 is 2.52 bits per heavy atom. The van der Waals surface area contributed by atoms with Gasteiger partial charge in [-0.05, 0) is 75.6 Å². The number of hydrogen-bond donors (Lipinski definition) is 1. The Labute approximate surface area is 174 Å². The van der Waals surface area contributed by atoms with Crippen molar-refractivity contribution in [3.63, 3.8) is 0 Å². The summed E-state index contributed by atoms with van der Waals surface area (Å²) in [6.07, 6.45) is 6.66. The summed E-state index contributed by atoms with van der Waals surface area (Å²) in [6, 6.07) is 11.0. The van der Waals surface area contributed by atoms with Crippen LogP contribution in [0.4, 0.5) is 5.69 Å². The molecule has 2 saturated carbocycles. The first-order valence-corrected chi connectivity index (χ1v) is 11.0. The van der Waals surface area contributed by atoms with Crippen molar-refractivity contribution in [3.8, 4) is 6.07 Å². The van der Waals surface area contributed by atoms with Crippen LogP contribution in [0.5, 0.6) is 0 Å². The first-order valence-electron chi connectivity index (χ1n) is 11.0. The van der Waals surface area contributed by atoms with Crippen LogP contribution < -0.4 is 5.32 Å². The Morgan fingerprint density at radius 1 is 1.17 bits per heavy atom. The van der Waals surface area contributed by atoms with Crippen molar-refractivity contribution in [3.05, 3.63) is 41.1 Å². The maximum Gasteiger partial charge on any atom is 0.0995 e. The maximum absolute atomic E-state index is 9.55. The molecule has 5 nitrogen and oxygen atoms in total. The summed E-state index contributed by atoms with van der Waals surface area (Å²) in [5, 5.41) is 13.1. The summed E-state index contributed by atoms with van der Waals surface area (Å²) in [4.78, 5) is 7.48. The molecule has 4 rings (SSSR count). The molecule has 1 unspecified atom stereocenters. The van der Waals surface area contributed by atoms with Gasteiger partial charge >= 0.3 is 0 Å². The predicted molar refractivity (Wildman–Crippen MR) is 117 cm³/mol. The molecule has 0 aromatic heterocycles. The molecule has 1 aliphatic heterocycles. The number of anilines is 1. The molecular weight excluding hydrogens is 360 g/mol. The quantitative estimate of drug-likeness (QED) is 0.794. The predicted octanol–water partition coefficient (Wildman–Crippen LogP) is 4.62. The number of hydrogen-bond acceptors (Lipinski definition) is 5. The second-order valence-electron chi connectivity index (χ2n) is 8.56. The fourth-order valence-corrected chi connectivity index (χ4v) is 4.69. The van der Waals surface area contributed by atoms with E-state index in [9.17, 15) is 5.26 Å². The highest BCUT2D eigenvalue weighted by atomic mass is 16.5. The monoisotopic (exact) mass is 392 g/mol. The smallest absolute Gasteiger partial charge is 0.0995 e. The molecule has 1 heterocycles. The molecule has 0 spiro atoms. The summed E-state index contributed by atoms with van der Waals surface area (Å²) >= 11 is 0. The molecule has 0 radical (unpaired) electrons. The van der Waals surface area contributed by atoms with Gasteiger partial charge in [0.25, 0.3) is 0 Å². The minimum absolute atomic E-state index is 0.207. The van der Waals surface area contributed by atoms with Crippen LogP contribution in [-0.2, 0) is 10.2 Å². The molecule has 154 valence electrons. The lowest BCUT2D eigenvalue weighted by Gasteiger charge is -2.35. The number of morpholine rings is 1. The summed E-state index contributed by atoms with van der Waals surface area (Å²) in [6.45, 7) is 7.89. The Balaban J connectivity index is 1.46. The van der Waals surface area contributed by atoms with Gasteiger partial charge in [0.05, 0.1) is 30.9 Å². The van der Waals surface area contributed by atoms with E-state index in [1.807, 2.05) is 0 Å². The molecule has 1 aromatic carbocycles. The lowest BCUT2D eigenvalue weighted by Crippen LogP contribution is -2.41. The molecular formula is C24H32N4O. The van der Waals surface area contributed by atoms with Gasteiger partial charge in [0.15, 0.2) is 0 Å². The SMILES string of the molecule is C/C(Nc1ccc(C2(C#N)CCC2)cc1)=C1/CCC/C1=N/C(C)N1CCOCC1. The topological polar surface area (TPSA) is 60.7 Å². The van der Waals surface area contributed by atoms with Gasteiger partial charge in [-0.1, -0.05) is 12.1 Å². The maximum atomic E-state index is 9.55. The fraction of sp³-hybridized carbons (Fsp3) is 0.583. The van der Waals surface area contributed by atoms with Crippen LogP contribution >= 0.6 is 0 Å². The standard InChI is InChI=1S/C24H32N4O/c1-18(26-21-9-7-20(8-10-21)24(17-25)11-4-12-24)22-5-3-6-23(22)27-19(2)28-13-15-29-16-14-28/h7-10,19,26H,3-6,11-16H2,1-2H3/b22-18+,27-23-. The molecule has 0 amide bonds. The highest BCUT2D eigenvalue weighted by Crippen LogP contribution is 2.43. The first-order chi connectivity index (χ1) is 14.1. The van der Waals surface area contributed by atoms with Gasteiger partial charge in [-0.3, -0.25) is 9.89 Å². The molecule has 29 heavy (non-hydrogen) atoms. The van der Waals surface area contributed by atoms with E-state index in [2.05, 4.69) is 54.4 Å². The molecule has 3 fully saturated rings. The molecule has 1 N–H and O–H groups in total. The van der Waals surface area contributed by atoms with Crippen molar-refractivity contribution in [2.45, 2.75) is 64.0 Å². The summed E-state index contributed by atoms with van der Waals surface area (Å²) in [7, 11) is 0. The van der Waals surface area contributed by atoms with Gasteiger partial charge in [-0.2, -0.15) is 5.26 Å². The van der Waals surface area contributed by atoms with E-state index in [-0.39, 0.29) is 11.6 Å². The van der Waals surface area contributed by atoms with Crippen LogP contribution in [0.25, 0.3) is 0 Å². The van der Waals surface area contributed by atoms with E-state index in [0.29, 0.717) is 0 Å². The van der Waals surface area contributed by atoms with Crippen molar-refractivity contribution in [2.75, 3.05) is 31.6 Å². The second-order valence-corrected chi connectivity index (χ2v) is 8.56. The van der Waals surface area contributed by atoms with E-state index in [4.69, 9.17) is 9.73 Å². The van der Waals surface area contributed by atoms with E-state index >= 15 is 0 Å². The average molecular weight is 393 g/mol. The van der Waals surface area contributed by atoms with Crippen molar-refractivity contribution in [2.24, 2.45) is 4.99 Å². The zero-order chi connectivity index (χ0) is 20.3.